The van der Waals surface area contributed by atoms with E-state index >= 15 is 0 Å². The minimum atomic E-state index is -0.637. The molecule has 2 N–H and O–H groups in total. The molecule has 3 rings (SSSR count). The van der Waals surface area contributed by atoms with Crippen molar-refractivity contribution in [3.05, 3.63) is 35.7 Å². The van der Waals surface area contributed by atoms with Gasteiger partial charge in [0.15, 0.2) is 0 Å². The van der Waals surface area contributed by atoms with Crippen LogP contribution in [-0.4, -0.2) is 9.55 Å². The van der Waals surface area contributed by atoms with Crippen molar-refractivity contribution in [2.75, 3.05) is 5.73 Å². The zero-order valence-electron chi connectivity index (χ0n) is 9.95. The Hall–Kier alpha value is -1.91. The van der Waals surface area contributed by atoms with Crippen LogP contribution in [0.1, 0.15) is 24.6 Å². The molecule has 0 bridgehead atoms. The van der Waals surface area contributed by atoms with Crippen molar-refractivity contribution >= 4 is 5.82 Å². The van der Waals surface area contributed by atoms with Crippen LogP contribution in [0.25, 0.3) is 11.3 Å². The summed E-state index contributed by atoms with van der Waals surface area (Å²) in [5, 5.41) is 0. The maximum atomic E-state index is 13.7. The lowest BCUT2D eigenvalue weighted by Crippen LogP contribution is -2.01. The second-order valence-corrected chi connectivity index (χ2v) is 4.63. The second-order valence-electron chi connectivity index (χ2n) is 4.63. The highest BCUT2D eigenvalue weighted by molar-refractivity contribution is 5.72. The Morgan fingerprint density at radius 3 is 2.44 bits per heavy atom. The SMILES string of the molecule is Cn1c(C2CC2)nc(-c2c(F)cccc2F)c1N. The number of benzene rings is 1. The van der Waals surface area contributed by atoms with Crippen LogP contribution < -0.4 is 5.73 Å². The van der Waals surface area contributed by atoms with Gasteiger partial charge in [0.1, 0.15) is 29.0 Å². The Labute approximate surface area is 103 Å². The first-order chi connectivity index (χ1) is 8.59. The monoisotopic (exact) mass is 249 g/mol. The third-order valence-electron chi connectivity index (χ3n) is 3.32. The molecular formula is C13H13F2N3. The summed E-state index contributed by atoms with van der Waals surface area (Å²) < 4.78 is 29.2. The van der Waals surface area contributed by atoms with Crippen molar-refractivity contribution in [3.63, 3.8) is 0 Å². The molecule has 5 heteroatoms. The molecule has 1 saturated carbocycles. The second kappa shape index (κ2) is 3.80. The molecule has 1 heterocycles. The van der Waals surface area contributed by atoms with Crippen LogP contribution in [0.5, 0.6) is 0 Å². The summed E-state index contributed by atoms with van der Waals surface area (Å²) in [5.41, 5.74) is 5.97. The van der Waals surface area contributed by atoms with Gasteiger partial charge < -0.3 is 10.3 Å². The number of halogens is 2. The zero-order valence-corrected chi connectivity index (χ0v) is 9.95. The Morgan fingerprint density at radius 1 is 1.28 bits per heavy atom. The maximum absolute atomic E-state index is 13.7. The average molecular weight is 249 g/mol. The number of hydrogen-bond acceptors (Lipinski definition) is 2. The van der Waals surface area contributed by atoms with E-state index in [2.05, 4.69) is 4.98 Å². The molecule has 0 radical (unpaired) electrons. The number of aromatic nitrogens is 2. The normalized spacial score (nSPS) is 15.1. The third-order valence-corrected chi connectivity index (χ3v) is 3.32. The molecule has 94 valence electrons. The summed E-state index contributed by atoms with van der Waals surface area (Å²) in [6.45, 7) is 0. The van der Waals surface area contributed by atoms with E-state index < -0.39 is 11.6 Å². The summed E-state index contributed by atoms with van der Waals surface area (Å²) in [5.74, 6) is 0.219. The van der Waals surface area contributed by atoms with Gasteiger partial charge in [0, 0.05) is 13.0 Å². The Kier molecular flexibility index (Phi) is 2.36. The number of nitrogens with zero attached hydrogens (tertiary/aromatic N) is 2. The predicted molar refractivity (Wildman–Crippen MR) is 64.9 cm³/mol. The van der Waals surface area contributed by atoms with Gasteiger partial charge in [-0.15, -0.1) is 0 Å². The van der Waals surface area contributed by atoms with Crippen molar-refractivity contribution in [3.8, 4) is 11.3 Å². The maximum Gasteiger partial charge on any atom is 0.135 e. The van der Waals surface area contributed by atoms with E-state index in [0.29, 0.717) is 11.7 Å². The fourth-order valence-corrected chi connectivity index (χ4v) is 2.14. The molecule has 3 nitrogen and oxygen atoms in total. The number of imidazole rings is 1. The van der Waals surface area contributed by atoms with Gasteiger partial charge in [-0.25, -0.2) is 13.8 Å². The van der Waals surface area contributed by atoms with Crippen LogP contribution in [0, 0.1) is 11.6 Å². The summed E-state index contributed by atoms with van der Waals surface area (Å²) in [7, 11) is 1.78. The first-order valence-electron chi connectivity index (χ1n) is 5.86. The van der Waals surface area contributed by atoms with Crippen molar-refractivity contribution in [1.82, 2.24) is 9.55 Å². The highest BCUT2D eigenvalue weighted by Gasteiger charge is 2.31. The lowest BCUT2D eigenvalue weighted by molar-refractivity contribution is 0.589. The van der Waals surface area contributed by atoms with E-state index in [9.17, 15) is 8.78 Å². The quantitative estimate of drug-likeness (QED) is 0.889. The van der Waals surface area contributed by atoms with Gasteiger partial charge in [0.25, 0.3) is 0 Å². The molecule has 18 heavy (non-hydrogen) atoms. The van der Waals surface area contributed by atoms with E-state index in [1.807, 2.05) is 0 Å². The summed E-state index contributed by atoms with van der Waals surface area (Å²) in [4.78, 5) is 4.32. The van der Waals surface area contributed by atoms with Gasteiger partial charge in [-0.2, -0.15) is 0 Å². The molecule has 0 unspecified atom stereocenters. The van der Waals surface area contributed by atoms with Gasteiger partial charge in [0.05, 0.1) is 5.56 Å². The van der Waals surface area contributed by atoms with Crippen LogP contribution in [0.2, 0.25) is 0 Å². The lowest BCUT2D eigenvalue weighted by Gasteiger charge is -2.03. The molecule has 0 atom stereocenters. The highest BCUT2D eigenvalue weighted by atomic mass is 19.1. The van der Waals surface area contributed by atoms with Crippen LogP contribution in [0.3, 0.4) is 0 Å². The summed E-state index contributed by atoms with van der Waals surface area (Å²) in [6, 6.07) is 3.75. The molecule has 1 aromatic heterocycles. The van der Waals surface area contributed by atoms with Crippen molar-refractivity contribution in [1.29, 1.82) is 0 Å². The first-order valence-corrected chi connectivity index (χ1v) is 5.86. The van der Waals surface area contributed by atoms with E-state index in [1.54, 1.807) is 11.6 Å². The minimum absolute atomic E-state index is 0.141. The molecule has 1 aliphatic carbocycles. The van der Waals surface area contributed by atoms with E-state index in [4.69, 9.17) is 5.73 Å². The topological polar surface area (TPSA) is 43.8 Å². The molecular weight excluding hydrogens is 236 g/mol. The van der Waals surface area contributed by atoms with Gasteiger partial charge in [-0.3, -0.25) is 0 Å². The number of anilines is 1. The molecule has 1 aliphatic rings. The van der Waals surface area contributed by atoms with Gasteiger partial charge in [-0.05, 0) is 25.0 Å². The molecule has 1 fully saturated rings. The Bertz CT molecular complexity index is 595. The fourth-order valence-electron chi connectivity index (χ4n) is 2.14. The van der Waals surface area contributed by atoms with E-state index in [0.717, 1.165) is 18.7 Å². The van der Waals surface area contributed by atoms with Crippen LogP contribution >= 0.6 is 0 Å². The fraction of sp³-hybridized carbons (Fsp3) is 0.308. The highest BCUT2D eigenvalue weighted by Crippen LogP contribution is 2.42. The Balaban J connectivity index is 2.20. The molecule has 0 aliphatic heterocycles. The largest absolute Gasteiger partial charge is 0.383 e. The molecule has 2 aromatic rings. The third kappa shape index (κ3) is 1.58. The van der Waals surface area contributed by atoms with Crippen molar-refractivity contribution in [2.45, 2.75) is 18.8 Å². The smallest absolute Gasteiger partial charge is 0.135 e. The van der Waals surface area contributed by atoms with Gasteiger partial charge >= 0.3 is 0 Å². The minimum Gasteiger partial charge on any atom is -0.383 e. The van der Waals surface area contributed by atoms with Gasteiger partial charge in [-0.1, -0.05) is 6.07 Å². The van der Waals surface area contributed by atoms with E-state index in [-0.39, 0.29) is 11.3 Å². The summed E-state index contributed by atoms with van der Waals surface area (Å²) >= 11 is 0. The standard InChI is InChI=1S/C13H13F2N3/c1-18-12(16)11(17-13(18)7-5-6-7)10-8(14)3-2-4-9(10)15/h2-4,7H,5-6,16H2,1H3. The zero-order chi connectivity index (χ0) is 12.9. The van der Waals surface area contributed by atoms with Crippen LogP contribution in [0.4, 0.5) is 14.6 Å². The molecule has 1 aromatic carbocycles. The lowest BCUT2D eigenvalue weighted by atomic mass is 10.1. The van der Waals surface area contributed by atoms with Crippen LogP contribution in [-0.2, 0) is 7.05 Å². The predicted octanol–water partition coefficient (Wildman–Crippen LogP) is 2.82. The number of nitrogens with two attached hydrogens (primary N) is 1. The van der Waals surface area contributed by atoms with Gasteiger partial charge in [0.2, 0.25) is 0 Å². The molecule has 0 spiro atoms. The molecule has 0 saturated heterocycles. The van der Waals surface area contributed by atoms with Crippen molar-refractivity contribution in [2.24, 2.45) is 7.05 Å². The number of hydrogen-bond donors (Lipinski definition) is 1. The number of nitrogen functional groups attached to an aromatic ring is 1. The van der Waals surface area contributed by atoms with Crippen LogP contribution in [0.15, 0.2) is 18.2 Å². The average Bonchev–Trinajstić information content (AvgIpc) is 3.11. The van der Waals surface area contributed by atoms with E-state index in [1.165, 1.54) is 18.2 Å². The molecule has 0 amide bonds. The number of rotatable bonds is 2. The summed E-state index contributed by atoms with van der Waals surface area (Å²) in [6.07, 6.45) is 2.12. The first kappa shape index (κ1) is 11.2. The van der Waals surface area contributed by atoms with Crippen molar-refractivity contribution < 1.29 is 8.78 Å². The Morgan fingerprint density at radius 2 is 1.89 bits per heavy atom.